The average Bonchev–Trinajstić information content (AvgIpc) is 3.17. The van der Waals surface area contributed by atoms with E-state index in [2.05, 4.69) is 34.4 Å². The van der Waals surface area contributed by atoms with Crippen molar-refractivity contribution in [3.05, 3.63) is 65.7 Å². The smallest absolute Gasteiger partial charge is 0.239 e. The lowest BCUT2D eigenvalue weighted by molar-refractivity contribution is -0.121. The zero-order chi connectivity index (χ0) is 15.8. The van der Waals surface area contributed by atoms with E-state index in [0.717, 1.165) is 16.9 Å². The van der Waals surface area contributed by atoms with Crippen molar-refractivity contribution in [3.63, 3.8) is 0 Å². The average molecular weight is 309 g/mol. The number of amides is 1. The third kappa shape index (κ3) is 2.38. The normalized spacial score (nSPS) is 29.2. The number of rotatable bonds is 3. The molecule has 23 heavy (non-hydrogen) atoms. The van der Waals surface area contributed by atoms with E-state index in [1.807, 2.05) is 36.4 Å². The number of methoxy groups -OCH3 is 1. The Morgan fingerprint density at radius 3 is 2.39 bits per heavy atom. The van der Waals surface area contributed by atoms with Crippen LogP contribution in [0, 0.1) is 5.92 Å². The van der Waals surface area contributed by atoms with Gasteiger partial charge >= 0.3 is 0 Å². The lowest BCUT2D eigenvalue weighted by atomic mass is 9.83. The first kappa shape index (κ1) is 14.2. The molecule has 2 aliphatic heterocycles. The summed E-state index contributed by atoms with van der Waals surface area (Å²) in [6.07, 6.45) is 0. The maximum atomic E-state index is 12.3. The lowest BCUT2D eigenvalue weighted by Crippen LogP contribution is -2.39. The Kier molecular flexibility index (Phi) is 3.52. The first-order chi connectivity index (χ1) is 11.3. The van der Waals surface area contributed by atoms with Gasteiger partial charge in [0.25, 0.3) is 0 Å². The number of benzene rings is 2. The summed E-state index contributed by atoms with van der Waals surface area (Å²) < 4.78 is 5.33. The van der Waals surface area contributed by atoms with Crippen LogP contribution < -0.4 is 20.9 Å². The summed E-state index contributed by atoms with van der Waals surface area (Å²) in [5.74, 6) is 0.972. The third-order valence-corrected chi connectivity index (χ3v) is 4.74. The number of hydrogen-bond acceptors (Lipinski definition) is 4. The summed E-state index contributed by atoms with van der Waals surface area (Å²) in [7, 11) is 1.66. The minimum Gasteiger partial charge on any atom is -0.497 e. The molecule has 1 amide bonds. The topological polar surface area (TPSA) is 62.4 Å². The lowest BCUT2D eigenvalue weighted by Gasteiger charge is -2.24. The SMILES string of the molecule is COc1cccc(C2NNC3C(=O)NC(c4ccccc4)C32)c1. The van der Waals surface area contributed by atoms with E-state index in [1.54, 1.807) is 7.11 Å². The Morgan fingerprint density at radius 2 is 1.61 bits per heavy atom. The van der Waals surface area contributed by atoms with Gasteiger partial charge in [-0.3, -0.25) is 4.79 Å². The zero-order valence-electron chi connectivity index (χ0n) is 12.8. The van der Waals surface area contributed by atoms with E-state index in [0.29, 0.717) is 0 Å². The van der Waals surface area contributed by atoms with Gasteiger partial charge in [0.15, 0.2) is 0 Å². The summed E-state index contributed by atoms with van der Waals surface area (Å²) >= 11 is 0. The van der Waals surface area contributed by atoms with Crippen molar-refractivity contribution >= 4 is 5.91 Å². The molecule has 0 radical (unpaired) electrons. The van der Waals surface area contributed by atoms with Gasteiger partial charge in [0, 0.05) is 5.92 Å². The molecule has 2 aromatic rings. The fourth-order valence-electron chi connectivity index (χ4n) is 3.64. The van der Waals surface area contributed by atoms with Gasteiger partial charge in [-0.05, 0) is 23.3 Å². The van der Waals surface area contributed by atoms with Crippen molar-refractivity contribution in [1.29, 1.82) is 0 Å². The molecule has 118 valence electrons. The van der Waals surface area contributed by atoms with Crippen LogP contribution in [0.4, 0.5) is 0 Å². The summed E-state index contributed by atoms with van der Waals surface area (Å²) in [6.45, 7) is 0. The van der Waals surface area contributed by atoms with Gasteiger partial charge in [0.2, 0.25) is 5.91 Å². The highest BCUT2D eigenvalue weighted by molar-refractivity contribution is 5.86. The van der Waals surface area contributed by atoms with Crippen LogP contribution in [0.25, 0.3) is 0 Å². The van der Waals surface area contributed by atoms with Crippen molar-refractivity contribution in [1.82, 2.24) is 16.2 Å². The number of ether oxygens (including phenoxy) is 1. The summed E-state index contributed by atoms with van der Waals surface area (Å²) in [5, 5.41) is 3.13. The molecule has 4 rings (SSSR count). The molecule has 3 N–H and O–H groups in total. The predicted molar refractivity (Wildman–Crippen MR) is 86.6 cm³/mol. The molecule has 0 aromatic heterocycles. The van der Waals surface area contributed by atoms with Gasteiger partial charge in [-0.15, -0.1) is 0 Å². The Balaban J connectivity index is 1.70. The molecule has 5 nitrogen and oxygen atoms in total. The van der Waals surface area contributed by atoms with Crippen LogP contribution in [0.5, 0.6) is 5.75 Å². The summed E-state index contributed by atoms with van der Waals surface area (Å²) in [5.41, 5.74) is 8.69. The Hall–Kier alpha value is -2.37. The van der Waals surface area contributed by atoms with Crippen molar-refractivity contribution < 1.29 is 9.53 Å². The van der Waals surface area contributed by atoms with Gasteiger partial charge in [-0.1, -0.05) is 42.5 Å². The van der Waals surface area contributed by atoms with E-state index >= 15 is 0 Å². The molecule has 0 spiro atoms. The monoisotopic (exact) mass is 309 g/mol. The van der Waals surface area contributed by atoms with Crippen LogP contribution in [0.1, 0.15) is 23.2 Å². The molecule has 2 saturated heterocycles. The van der Waals surface area contributed by atoms with E-state index in [4.69, 9.17) is 4.74 Å². The van der Waals surface area contributed by atoms with E-state index in [9.17, 15) is 4.79 Å². The van der Waals surface area contributed by atoms with Crippen molar-refractivity contribution in [2.45, 2.75) is 18.1 Å². The number of nitrogens with one attached hydrogen (secondary N) is 3. The molecular formula is C18H19N3O2. The predicted octanol–water partition coefficient (Wildman–Crippen LogP) is 1.70. The third-order valence-electron chi connectivity index (χ3n) is 4.74. The van der Waals surface area contributed by atoms with Crippen molar-refractivity contribution in [2.24, 2.45) is 5.92 Å². The molecular weight excluding hydrogens is 290 g/mol. The van der Waals surface area contributed by atoms with Gasteiger partial charge < -0.3 is 10.1 Å². The van der Waals surface area contributed by atoms with Crippen LogP contribution in [0.2, 0.25) is 0 Å². The minimum absolute atomic E-state index is 0.00704. The number of fused-ring (bicyclic) bond motifs is 1. The highest BCUT2D eigenvalue weighted by Gasteiger charge is 2.51. The number of hydrogen-bond donors (Lipinski definition) is 3. The van der Waals surface area contributed by atoms with Gasteiger partial charge in [-0.2, -0.15) is 0 Å². The van der Waals surface area contributed by atoms with E-state index < -0.39 is 0 Å². The second-order valence-corrected chi connectivity index (χ2v) is 5.99. The molecule has 2 fully saturated rings. The standard InChI is InChI=1S/C18H19N3O2/c1-23-13-9-5-8-12(10-13)16-14-15(11-6-3-2-4-7-11)19-18(22)17(14)21-20-16/h2-10,14-17,20-21H,1H3,(H,19,22). The van der Waals surface area contributed by atoms with E-state index in [-0.39, 0.29) is 30.0 Å². The number of carbonyl (C=O) groups excluding carboxylic acids is 1. The molecule has 0 aliphatic carbocycles. The largest absolute Gasteiger partial charge is 0.497 e. The van der Waals surface area contributed by atoms with Crippen LogP contribution in [0.3, 0.4) is 0 Å². The molecule has 2 heterocycles. The highest BCUT2D eigenvalue weighted by Crippen LogP contribution is 2.42. The van der Waals surface area contributed by atoms with Gasteiger partial charge in [0.1, 0.15) is 11.8 Å². The van der Waals surface area contributed by atoms with Crippen LogP contribution in [-0.4, -0.2) is 19.1 Å². The Bertz CT molecular complexity index is 719. The van der Waals surface area contributed by atoms with Crippen LogP contribution in [0.15, 0.2) is 54.6 Å². The van der Waals surface area contributed by atoms with E-state index in [1.165, 1.54) is 0 Å². The summed E-state index contributed by atoms with van der Waals surface area (Å²) in [4.78, 5) is 12.3. The molecule has 4 atom stereocenters. The Labute approximate surface area is 135 Å². The van der Waals surface area contributed by atoms with Crippen molar-refractivity contribution in [2.75, 3.05) is 7.11 Å². The first-order valence-corrected chi connectivity index (χ1v) is 7.78. The molecule has 5 heteroatoms. The Morgan fingerprint density at radius 1 is 0.870 bits per heavy atom. The van der Waals surface area contributed by atoms with Crippen LogP contribution in [-0.2, 0) is 4.79 Å². The molecule has 4 unspecified atom stereocenters. The second kappa shape index (κ2) is 5.68. The molecule has 2 aliphatic rings. The maximum absolute atomic E-state index is 12.3. The van der Waals surface area contributed by atoms with Gasteiger partial charge in [-0.25, -0.2) is 10.9 Å². The molecule has 2 aromatic carbocycles. The summed E-state index contributed by atoms with van der Waals surface area (Å²) in [6, 6.07) is 17.9. The maximum Gasteiger partial charge on any atom is 0.239 e. The number of carbonyl (C=O) groups is 1. The minimum atomic E-state index is -0.226. The van der Waals surface area contributed by atoms with Crippen LogP contribution >= 0.6 is 0 Å². The highest BCUT2D eigenvalue weighted by atomic mass is 16.5. The fraction of sp³-hybridized carbons (Fsp3) is 0.278. The quantitative estimate of drug-likeness (QED) is 0.807. The number of hydrazine groups is 1. The molecule has 0 saturated carbocycles. The zero-order valence-corrected chi connectivity index (χ0v) is 12.8. The first-order valence-electron chi connectivity index (χ1n) is 7.78. The second-order valence-electron chi connectivity index (χ2n) is 5.99. The fourth-order valence-corrected chi connectivity index (χ4v) is 3.64. The van der Waals surface area contributed by atoms with Crippen molar-refractivity contribution in [3.8, 4) is 5.75 Å². The molecule has 0 bridgehead atoms. The van der Waals surface area contributed by atoms with Gasteiger partial charge in [0.05, 0.1) is 19.2 Å².